The third kappa shape index (κ3) is 13.8. The van der Waals surface area contributed by atoms with E-state index >= 15 is 4.39 Å². The van der Waals surface area contributed by atoms with Crippen molar-refractivity contribution in [3.63, 3.8) is 0 Å². The molecule has 4 atom stereocenters. The standard InChI is InChI=1S/C70H81F2N15O3/c71-55-11-4-14-58(39-55)83-21-7-16-60(46-83)85(69-42-67(75-49-77-69)81-26-32-89-33-27-81)23-20-51-8-3-9-52(36-51)44-87(70-43-68(76-50-78-70)82-28-34-90-35-29-82)61-18-19-63(86(47-61)59-15-5-12-56(72)40-59)54-37-53-10-1-2-17-62(53)64(38-54)84-22-6-13-57(45-84)79-65-41-66(74-48-73-65)80-24-30-88-31-25-80/h1-5,8-12,14-15,17,36-43,48-50,57,60-61,63H,6-7,13,16,18-35,44-47H2,(H,73,74,79)/t57-,60-,61-,63?/m1/s1. The molecule has 14 rings (SSSR count). The second-order valence-corrected chi connectivity index (χ2v) is 24.7. The SMILES string of the molecule is Fc1cccc(N2CCC[C@@H](N(CCc3cccc(CN(c4cc(N5CCOCC5)ncn4)[C@@H]4CCC(c5cc(N6CCC[C@@H](Nc7cc(N8CCOCC8)ncn7)C6)c6ccccc6c5)N(c5cccc(F)c5)C4)c3)c3cc(N4CCOCC4)ncn3)C2)c1. The molecule has 9 heterocycles. The molecule has 0 spiro atoms. The van der Waals surface area contributed by atoms with Crippen molar-refractivity contribution in [2.24, 2.45) is 0 Å². The Bertz CT molecular complexity index is 3700. The molecule has 18 nitrogen and oxygen atoms in total. The summed E-state index contributed by atoms with van der Waals surface area (Å²) in [7, 11) is 0. The zero-order chi connectivity index (χ0) is 60.6. The second-order valence-electron chi connectivity index (χ2n) is 24.7. The Morgan fingerprint density at radius 2 is 1.08 bits per heavy atom. The number of aromatic nitrogens is 6. The molecule has 3 aromatic heterocycles. The highest BCUT2D eigenvalue weighted by atomic mass is 19.1. The van der Waals surface area contributed by atoms with Crippen LogP contribution in [0, 0.1) is 11.6 Å². The van der Waals surface area contributed by atoms with Gasteiger partial charge in [-0.05, 0) is 116 Å². The van der Waals surface area contributed by atoms with Gasteiger partial charge in [0.2, 0.25) is 0 Å². The van der Waals surface area contributed by atoms with Crippen LogP contribution in [0.15, 0.2) is 146 Å². The molecule has 0 amide bonds. The lowest BCUT2D eigenvalue weighted by Crippen LogP contribution is -2.49. The number of anilines is 9. The number of piperidine rings is 3. The first-order valence-electron chi connectivity index (χ1n) is 32.5. The summed E-state index contributed by atoms with van der Waals surface area (Å²) in [5.41, 5.74) is 6.57. The van der Waals surface area contributed by atoms with E-state index in [2.05, 4.69) is 139 Å². The van der Waals surface area contributed by atoms with Crippen LogP contribution in [0.1, 0.15) is 61.3 Å². The van der Waals surface area contributed by atoms with Crippen LogP contribution < -0.4 is 44.5 Å². The average Bonchev–Trinajstić information content (AvgIpc) is 0.965. The van der Waals surface area contributed by atoms with Gasteiger partial charge in [-0.3, -0.25) is 0 Å². The number of halogens is 2. The van der Waals surface area contributed by atoms with E-state index in [4.69, 9.17) is 34.1 Å². The lowest BCUT2D eigenvalue weighted by molar-refractivity contribution is 0.122. The van der Waals surface area contributed by atoms with Gasteiger partial charge in [0.25, 0.3) is 0 Å². The Morgan fingerprint density at radius 3 is 1.79 bits per heavy atom. The summed E-state index contributed by atoms with van der Waals surface area (Å²) < 4.78 is 47.5. The summed E-state index contributed by atoms with van der Waals surface area (Å²) in [4.78, 5) is 48.0. The molecule has 0 aliphatic carbocycles. The topological polar surface area (TPSA) is 143 Å². The largest absolute Gasteiger partial charge is 0.378 e. The zero-order valence-electron chi connectivity index (χ0n) is 51.3. The quantitative estimate of drug-likeness (QED) is 0.0870. The van der Waals surface area contributed by atoms with E-state index in [1.54, 1.807) is 43.2 Å². The summed E-state index contributed by atoms with van der Waals surface area (Å²) in [6.45, 7) is 14.0. The molecule has 6 aliphatic heterocycles. The maximum atomic E-state index is 15.7. The van der Waals surface area contributed by atoms with E-state index in [0.717, 1.165) is 163 Å². The molecule has 5 aromatic carbocycles. The third-order valence-electron chi connectivity index (χ3n) is 19.0. The minimum Gasteiger partial charge on any atom is -0.378 e. The molecule has 1 unspecified atom stereocenters. The number of rotatable bonds is 18. The predicted molar refractivity (Wildman–Crippen MR) is 353 cm³/mol. The van der Waals surface area contributed by atoms with Gasteiger partial charge in [-0.25, -0.2) is 38.7 Å². The van der Waals surface area contributed by atoms with Crippen LogP contribution >= 0.6 is 0 Å². The first-order valence-corrected chi connectivity index (χ1v) is 32.5. The molecule has 0 saturated carbocycles. The first-order chi connectivity index (χ1) is 44.4. The molecule has 6 saturated heterocycles. The van der Waals surface area contributed by atoms with Crippen LogP contribution in [-0.4, -0.2) is 166 Å². The number of fused-ring (bicyclic) bond motifs is 1. The molecule has 1 N–H and O–H groups in total. The minimum absolute atomic E-state index is 0.0127. The fraction of sp³-hybridized carbons (Fsp3) is 0.429. The van der Waals surface area contributed by atoms with Crippen molar-refractivity contribution < 1.29 is 23.0 Å². The van der Waals surface area contributed by atoms with Gasteiger partial charge in [0.1, 0.15) is 65.5 Å². The van der Waals surface area contributed by atoms with Crippen LogP contribution in [0.2, 0.25) is 0 Å². The fourth-order valence-electron chi connectivity index (χ4n) is 14.4. The number of benzene rings is 5. The Kier molecular flexibility index (Phi) is 18.2. The number of hydrogen-bond acceptors (Lipinski definition) is 18. The summed E-state index contributed by atoms with van der Waals surface area (Å²) in [6, 6.07) is 43.3. The van der Waals surface area contributed by atoms with Gasteiger partial charge >= 0.3 is 0 Å². The molecule has 8 aromatic rings. The zero-order valence-corrected chi connectivity index (χ0v) is 51.3. The molecule has 20 heteroatoms. The van der Waals surface area contributed by atoms with Crippen molar-refractivity contribution in [3.05, 3.63) is 175 Å². The number of morpholine rings is 3. The van der Waals surface area contributed by atoms with E-state index < -0.39 is 0 Å². The van der Waals surface area contributed by atoms with Crippen molar-refractivity contribution in [3.8, 4) is 0 Å². The van der Waals surface area contributed by atoms with Crippen molar-refractivity contribution in [2.75, 3.05) is 163 Å². The molecule has 0 bridgehead atoms. The van der Waals surface area contributed by atoms with E-state index in [-0.39, 0.29) is 35.8 Å². The van der Waals surface area contributed by atoms with Gasteiger partial charge in [-0.15, -0.1) is 0 Å². The van der Waals surface area contributed by atoms with Crippen molar-refractivity contribution in [1.29, 1.82) is 0 Å². The van der Waals surface area contributed by atoms with Crippen molar-refractivity contribution in [2.45, 2.75) is 75.7 Å². The van der Waals surface area contributed by atoms with E-state index in [1.165, 1.54) is 39.2 Å². The van der Waals surface area contributed by atoms with Crippen LogP contribution in [0.4, 0.5) is 60.8 Å². The van der Waals surface area contributed by atoms with E-state index in [9.17, 15) is 4.39 Å². The van der Waals surface area contributed by atoms with Crippen LogP contribution in [0.3, 0.4) is 0 Å². The maximum absolute atomic E-state index is 15.7. The summed E-state index contributed by atoms with van der Waals surface area (Å²) >= 11 is 0. The van der Waals surface area contributed by atoms with Gasteiger partial charge < -0.3 is 58.7 Å². The maximum Gasteiger partial charge on any atom is 0.134 e. The Balaban J connectivity index is 0.754. The number of ether oxygens (including phenoxy) is 3. The molecule has 90 heavy (non-hydrogen) atoms. The highest BCUT2D eigenvalue weighted by Crippen LogP contribution is 2.42. The van der Waals surface area contributed by atoms with E-state index in [1.807, 2.05) is 12.1 Å². The average molecular weight is 1220 g/mol. The molecule has 6 aliphatic rings. The van der Waals surface area contributed by atoms with Crippen molar-refractivity contribution in [1.82, 2.24) is 29.9 Å². The summed E-state index contributed by atoms with van der Waals surface area (Å²) in [5.74, 6) is 4.80. The number of hydrogen-bond donors (Lipinski definition) is 1. The molecular formula is C70H81F2N15O3. The van der Waals surface area contributed by atoms with Gasteiger partial charge in [-0.2, -0.15) is 0 Å². The van der Waals surface area contributed by atoms with Crippen molar-refractivity contribution >= 4 is 62.7 Å². The highest BCUT2D eigenvalue weighted by molar-refractivity contribution is 5.95. The summed E-state index contributed by atoms with van der Waals surface area (Å²) in [6.07, 6.45) is 11.6. The lowest BCUT2D eigenvalue weighted by Gasteiger charge is -2.46. The summed E-state index contributed by atoms with van der Waals surface area (Å²) in [5, 5.41) is 6.21. The van der Waals surface area contributed by atoms with Crippen LogP contribution in [0.25, 0.3) is 10.8 Å². The minimum atomic E-state index is -0.261. The second kappa shape index (κ2) is 27.7. The van der Waals surface area contributed by atoms with Gasteiger partial charge in [0.05, 0.1) is 45.7 Å². The Hall–Kier alpha value is -8.46. The monoisotopic (exact) mass is 1220 g/mol. The molecular weight excluding hydrogens is 1140 g/mol. The fourth-order valence-corrected chi connectivity index (χ4v) is 14.4. The molecule has 468 valence electrons. The normalized spacial score (nSPS) is 21.0. The highest BCUT2D eigenvalue weighted by Gasteiger charge is 2.36. The molecule has 6 fully saturated rings. The van der Waals surface area contributed by atoms with Crippen LogP contribution in [-0.2, 0) is 27.2 Å². The number of nitrogens with one attached hydrogen (secondary N) is 1. The smallest absolute Gasteiger partial charge is 0.134 e. The lowest BCUT2D eigenvalue weighted by atomic mass is 9.89. The first kappa shape index (κ1) is 59.2. The number of nitrogens with zero attached hydrogens (tertiary/aromatic N) is 14. The Labute approximate surface area is 526 Å². The Morgan fingerprint density at radius 1 is 0.478 bits per heavy atom. The predicted octanol–water partition coefficient (Wildman–Crippen LogP) is 10.2. The van der Waals surface area contributed by atoms with Gasteiger partial charge in [0.15, 0.2) is 0 Å². The van der Waals surface area contributed by atoms with Crippen LogP contribution in [0.5, 0.6) is 0 Å². The van der Waals surface area contributed by atoms with Gasteiger partial charge in [0, 0.05) is 144 Å². The third-order valence-corrected chi connectivity index (χ3v) is 19.0. The van der Waals surface area contributed by atoms with Gasteiger partial charge in [-0.1, -0.05) is 60.7 Å². The molecule has 0 radical (unpaired) electrons. The van der Waals surface area contributed by atoms with E-state index in [0.29, 0.717) is 52.7 Å².